The standard InChI is InChI=1S/C17H15N3O/c1-11-9-15(14-7-2-3-8-16(14)19-11)17(21)20-13-6-4-5-12(18)10-13/h2-10H,18H2,1H3,(H,20,21). The van der Waals surface area contributed by atoms with Crippen molar-refractivity contribution >= 4 is 28.2 Å². The number of anilines is 2. The monoisotopic (exact) mass is 277 g/mol. The zero-order chi connectivity index (χ0) is 14.8. The third kappa shape index (κ3) is 2.69. The second-order valence-corrected chi connectivity index (χ2v) is 4.91. The van der Waals surface area contributed by atoms with Gasteiger partial charge in [0.05, 0.1) is 11.1 Å². The second-order valence-electron chi connectivity index (χ2n) is 4.91. The third-order valence-electron chi connectivity index (χ3n) is 3.23. The van der Waals surface area contributed by atoms with Gasteiger partial charge in [-0.3, -0.25) is 9.78 Å². The summed E-state index contributed by atoms with van der Waals surface area (Å²) >= 11 is 0. The summed E-state index contributed by atoms with van der Waals surface area (Å²) in [7, 11) is 0. The van der Waals surface area contributed by atoms with Crippen LogP contribution >= 0.6 is 0 Å². The van der Waals surface area contributed by atoms with Gasteiger partial charge >= 0.3 is 0 Å². The van der Waals surface area contributed by atoms with Gasteiger partial charge in [-0.15, -0.1) is 0 Å². The smallest absolute Gasteiger partial charge is 0.256 e. The highest BCUT2D eigenvalue weighted by Crippen LogP contribution is 2.20. The number of para-hydroxylation sites is 1. The largest absolute Gasteiger partial charge is 0.399 e. The van der Waals surface area contributed by atoms with Crippen molar-refractivity contribution in [2.24, 2.45) is 0 Å². The number of carbonyl (C=O) groups excluding carboxylic acids is 1. The maximum atomic E-state index is 12.5. The van der Waals surface area contributed by atoms with Gasteiger partial charge in [-0.2, -0.15) is 0 Å². The van der Waals surface area contributed by atoms with Crippen molar-refractivity contribution in [1.82, 2.24) is 4.98 Å². The average molecular weight is 277 g/mol. The molecule has 0 saturated carbocycles. The van der Waals surface area contributed by atoms with Crippen molar-refractivity contribution < 1.29 is 4.79 Å². The van der Waals surface area contributed by atoms with Crippen molar-refractivity contribution in [3.8, 4) is 0 Å². The average Bonchev–Trinajstić information content (AvgIpc) is 2.46. The normalized spacial score (nSPS) is 10.5. The minimum atomic E-state index is -0.165. The molecule has 0 atom stereocenters. The Bertz CT molecular complexity index is 827. The van der Waals surface area contributed by atoms with Crippen LogP contribution in [0.1, 0.15) is 16.1 Å². The van der Waals surface area contributed by atoms with Crippen LogP contribution in [0, 0.1) is 6.92 Å². The zero-order valence-electron chi connectivity index (χ0n) is 11.6. The molecule has 21 heavy (non-hydrogen) atoms. The summed E-state index contributed by atoms with van der Waals surface area (Å²) in [5, 5.41) is 3.71. The molecular formula is C17H15N3O. The number of aryl methyl sites for hydroxylation is 1. The van der Waals surface area contributed by atoms with E-state index in [2.05, 4.69) is 10.3 Å². The van der Waals surface area contributed by atoms with E-state index in [1.54, 1.807) is 24.3 Å². The number of aromatic nitrogens is 1. The number of nitrogens with two attached hydrogens (primary N) is 1. The molecule has 0 aliphatic rings. The molecule has 104 valence electrons. The fourth-order valence-electron chi connectivity index (χ4n) is 2.31. The molecule has 0 unspecified atom stereocenters. The van der Waals surface area contributed by atoms with Gasteiger partial charge in [0.25, 0.3) is 5.91 Å². The number of amides is 1. The van der Waals surface area contributed by atoms with Crippen LogP contribution in [-0.4, -0.2) is 10.9 Å². The van der Waals surface area contributed by atoms with Crippen LogP contribution in [0.15, 0.2) is 54.6 Å². The van der Waals surface area contributed by atoms with Gasteiger partial charge in [0.15, 0.2) is 0 Å². The van der Waals surface area contributed by atoms with Gasteiger partial charge < -0.3 is 11.1 Å². The van der Waals surface area contributed by atoms with Crippen LogP contribution in [0.4, 0.5) is 11.4 Å². The fraction of sp³-hybridized carbons (Fsp3) is 0.0588. The summed E-state index contributed by atoms with van der Waals surface area (Å²) < 4.78 is 0. The predicted molar refractivity (Wildman–Crippen MR) is 85.3 cm³/mol. The van der Waals surface area contributed by atoms with Crippen molar-refractivity contribution in [2.45, 2.75) is 6.92 Å². The minimum Gasteiger partial charge on any atom is -0.399 e. The van der Waals surface area contributed by atoms with Crippen LogP contribution in [0.3, 0.4) is 0 Å². The quantitative estimate of drug-likeness (QED) is 0.706. The lowest BCUT2D eigenvalue weighted by Gasteiger charge is -2.09. The SMILES string of the molecule is Cc1cc(C(=O)Nc2cccc(N)c2)c2ccccc2n1. The number of fused-ring (bicyclic) bond motifs is 1. The first kappa shape index (κ1) is 13.1. The molecule has 0 spiro atoms. The number of hydrogen-bond donors (Lipinski definition) is 2. The summed E-state index contributed by atoms with van der Waals surface area (Å²) in [6.07, 6.45) is 0. The molecule has 2 aromatic carbocycles. The van der Waals surface area contributed by atoms with Crippen LogP contribution in [0.5, 0.6) is 0 Å². The van der Waals surface area contributed by atoms with E-state index in [0.29, 0.717) is 16.9 Å². The second kappa shape index (κ2) is 5.25. The van der Waals surface area contributed by atoms with Crippen molar-refractivity contribution in [1.29, 1.82) is 0 Å². The number of pyridine rings is 1. The van der Waals surface area contributed by atoms with E-state index in [0.717, 1.165) is 16.6 Å². The topological polar surface area (TPSA) is 68.0 Å². The van der Waals surface area contributed by atoms with E-state index in [4.69, 9.17) is 5.73 Å². The molecule has 1 aromatic heterocycles. The highest BCUT2D eigenvalue weighted by atomic mass is 16.1. The molecule has 1 heterocycles. The molecule has 0 bridgehead atoms. The van der Waals surface area contributed by atoms with E-state index in [-0.39, 0.29) is 5.91 Å². The van der Waals surface area contributed by atoms with E-state index in [1.165, 1.54) is 0 Å². The molecule has 4 nitrogen and oxygen atoms in total. The fourth-order valence-corrected chi connectivity index (χ4v) is 2.31. The summed E-state index contributed by atoms with van der Waals surface area (Å²) in [4.78, 5) is 17.0. The number of nitrogens with zero attached hydrogens (tertiary/aromatic N) is 1. The van der Waals surface area contributed by atoms with Gasteiger partial charge in [-0.05, 0) is 37.3 Å². The molecule has 1 amide bonds. The van der Waals surface area contributed by atoms with E-state index < -0.39 is 0 Å². The van der Waals surface area contributed by atoms with E-state index >= 15 is 0 Å². The van der Waals surface area contributed by atoms with Gasteiger partial charge in [0.1, 0.15) is 0 Å². The number of carbonyl (C=O) groups is 1. The van der Waals surface area contributed by atoms with Crippen LogP contribution < -0.4 is 11.1 Å². The van der Waals surface area contributed by atoms with Crippen LogP contribution in [0.2, 0.25) is 0 Å². The Kier molecular flexibility index (Phi) is 3.28. The van der Waals surface area contributed by atoms with E-state index in [1.807, 2.05) is 37.3 Å². The first-order chi connectivity index (χ1) is 10.1. The molecule has 0 saturated heterocycles. The Labute approximate surface area is 122 Å². The molecule has 0 aliphatic carbocycles. The molecule has 0 fully saturated rings. The molecule has 4 heteroatoms. The Morgan fingerprint density at radius 1 is 1.10 bits per heavy atom. The molecule has 0 radical (unpaired) electrons. The van der Waals surface area contributed by atoms with Crippen LogP contribution in [0.25, 0.3) is 10.9 Å². The maximum Gasteiger partial charge on any atom is 0.256 e. The zero-order valence-corrected chi connectivity index (χ0v) is 11.6. The van der Waals surface area contributed by atoms with Gasteiger partial charge in [-0.25, -0.2) is 0 Å². The summed E-state index contributed by atoms with van der Waals surface area (Å²) in [6.45, 7) is 1.88. The molecular weight excluding hydrogens is 262 g/mol. The predicted octanol–water partition coefficient (Wildman–Crippen LogP) is 3.38. The Balaban J connectivity index is 2.02. The molecule has 3 aromatic rings. The summed E-state index contributed by atoms with van der Waals surface area (Å²) in [5.41, 5.74) is 9.26. The summed E-state index contributed by atoms with van der Waals surface area (Å²) in [6, 6.07) is 16.5. The number of hydrogen-bond acceptors (Lipinski definition) is 3. The van der Waals surface area contributed by atoms with Gasteiger partial charge in [0, 0.05) is 22.5 Å². The van der Waals surface area contributed by atoms with Crippen molar-refractivity contribution in [2.75, 3.05) is 11.1 Å². The Hall–Kier alpha value is -2.88. The number of nitrogens with one attached hydrogen (secondary N) is 1. The van der Waals surface area contributed by atoms with Crippen molar-refractivity contribution in [3.05, 3.63) is 65.9 Å². The minimum absolute atomic E-state index is 0.165. The lowest BCUT2D eigenvalue weighted by Crippen LogP contribution is -2.13. The first-order valence-electron chi connectivity index (χ1n) is 6.67. The lowest BCUT2D eigenvalue weighted by atomic mass is 10.1. The molecule has 3 rings (SSSR count). The molecule has 3 N–H and O–H groups in total. The third-order valence-corrected chi connectivity index (χ3v) is 3.23. The number of benzene rings is 2. The van der Waals surface area contributed by atoms with E-state index in [9.17, 15) is 4.79 Å². The summed E-state index contributed by atoms with van der Waals surface area (Å²) in [5.74, 6) is -0.165. The van der Waals surface area contributed by atoms with Gasteiger partial charge in [-0.1, -0.05) is 24.3 Å². The number of rotatable bonds is 2. The lowest BCUT2D eigenvalue weighted by molar-refractivity contribution is 0.102. The van der Waals surface area contributed by atoms with Gasteiger partial charge in [0.2, 0.25) is 0 Å². The Morgan fingerprint density at radius 3 is 2.71 bits per heavy atom. The maximum absolute atomic E-state index is 12.5. The Morgan fingerprint density at radius 2 is 1.90 bits per heavy atom. The highest BCUT2D eigenvalue weighted by molar-refractivity contribution is 6.12. The first-order valence-corrected chi connectivity index (χ1v) is 6.67. The molecule has 0 aliphatic heterocycles. The number of nitrogen functional groups attached to an aromatic ring is 1. The van der Waals surface area contributed by atoms with Crippen molar-refractivity contribution in [3.63, 3.8) is 0 Å². The van der Waals surface area contributed by atoms with Crippen LogP contribution in [-0.2, 0) is 0 Å². The highest BCUT2D eigenvalue weighted by Gasteiger charge is 2.12.